The number of thioether (sulfide) groups is 1. The van der Waals surface area contributed by atoms with E-state index in [9.17, 15) is 28.1 Å². The van der Waals surface area contributed by atoms with Crippen LogP contribution in [-0.2, 0) is 16.0 Å². The van der Waals surface area contributed by atoms with Gasteiger partial charge in [0.2, 0.25) is 0 Å². The van der Waals surface area contributed by atoms with Crippen molar-refractivity contribution in [3.8, 4) is 6.07 Å². The van der Waals surface area contributed by atoms with Crippen molar-refractivity contribution in [3.05, 3.63) is 33.4 Å². The Morgan fingerprint density at radius 1 is 1.50 bits per heavy atom. The van der Waals surface area contributed by atoms with Gasteiger partial charge in [0.15, 0.2) is 0 Å². The summed E-state index contributed by atoms with van der Waals surface area (Å²) in [5.41, 5.74) is -6.41. The number of rotatable bonds is 5. The minimum absolute atomic E-state index is 0.0553. The molecule has 22 heavy (non-hydrogen) atoms. The van der Waals surface area contributed by atoms with Crippen molar-refractivity contribution >= 4 is 23.4 Å². The summed E-state index contributed by atoms with van der Waals surface area (Å²) in [7, 11) is 0. The molecule has 1 rings (SSSR count). The molecule has 118 valence electrons. The third-order valence-corrected chi connectivity index (χ3v) is 3.18. The molecule has 0 spiro atoms. The first-order chi connectivity index (χ1) is 10.2. The van der Waals surface area contributed by atoms with E-state index in [4.69, 9.17) is 5.26 Å². The van der Waals surface area contributed by atoms with Crippen molar-refractivity contribution < 1.29 is 27.6 Å². The lowest BCUT2D eigenvalue weighted by atomic mass is 10.1. The van der Waals surface area contributed by atoms with Crippen LogP contribution in [0, 0.1) is 21.4 Å². The fraction of sp³-hybridized carbons (Fsp3) is 0.333. The Labute approximate surface area is 127 Å². The summed E-state index contributed by atoms with van der Waals surface area (Å²) >= 11 is -0.622. The van der Waals surface area contributed by atoms with Crippen LogP contribution in [0.25, 0.3) is 0 Å². The highest BCUT2D eigenvalue weighted by molar-refractivity contribution is 8.00. The lowest BCUT2D eigenvalue weighted by Crippen LogP contribution is -2.11. The van der Waals surface area contributed by atoms with E-state index in [2.05, 4.69) is 4.74 Å². The summed E-state index contributed by atoms with van der Waals surface area (Å²) in [4.78, 5) is 20.9. The van der Waals surface area contributed by atoms with Crippen LogP contribution in [0.4, 0.5) is 18.9 Å². The highest BCUT2D eigenvalue weighted by Crippen LogP contribution is 2.41. The maximum absolute atomic E-state index is 12.4. The van der Waals surface area contributed by atoms with E-state index < -0.39 is 50.7 Å². The largest absolute Gasteiger partial charge is 0.466 e. The van der Waals surface area contributed by atoms with Gasteiger partial charge in [-0.1, -0.05) is 6.07 Å². The number of nitrogens with zero attached hydrogens (tertiary/aromatic N) is 2. The molecule has 0 saturated carbocycles. The molecule has 0 aliphatic rings. The molecule has 0 bridgehead atoms. The maximum Gasteiger partial charge on any atom is 0.446 e. The van der Waals surface area contributed by atoms with Crippen molar-refractivity contribution in [3.63, 3.8) is 0 Å². The smallest absolute Gasteiger partial charge is 0.446 e. The lowest BCUT2D eigenvalue weighted by Gasteiger charge is -2.10. The Balaban J connectivity index is 3.35. The summed E-state index contributed by atoms with van der Waals surface area (Å²) in [5, 5.41) is 20.0. The van der Waals surface area contributed by atoms with Gasteiger partial charge in [-0.05, 0) is 24.8 Å². The molecule has 6 nitrogen and oxygen atoms in total. The second kappa shape index (κ2) is 7.13. The Morgan fingerprint density at radius 3 is 2.59 bits per heavy atom. The molecule has 0 fully saturated rings. The normalized spacial score (nSPS) is 10.9. The number of hydrogen-bond acceptors (Lipinski definition) is 6. The first kappa shape index (κ1) is 17.8. The molecule has 0 N–H and O–H groups in total. The molecule has 0 amide bonds. The van der Waals surface area contributed by atoms with Gasteiger partial charge in [-0.2, -0.15) is 18.4 Å². The summed E-state index contributed by atoms with van der Waals surface area (Å²) < 4.78 is 41.9. The third-order valence-electron chi connectivity index (χ3n) is 2.38. The van der Waals surface area contributed by atoms with Gasteiger partial charge < -0.3 is 4.74 Å². The first-order valence-corrected chi connectivity index (χ1v) is 6.63. The minimum atomic E-state index is -4.69. The highest BCUT2D eigenvalue weighted by atomic mass is 32.2. The molecule has 10 heteroatoms. The monoisotopic (exact) mass is 334 g/mol. The van der Waals surface area contributed by atoms with Crippen molar-refractivity contribution in [1.82, 2.24) is 0 Å². The van der Waals surface area contributed by atoms with Crippen molar-refractivity contribution in [2.75, 3.05) is 6.61 Å². The van der Waals surface area contributed by atoms with E-state index in [0.717, 1.165) is 12.1 Å². The van der Waals surface area contributed by atoms with Crippen LogP contribution in [0.15, 0.2) is 17.0 Å². The third kappa shape index (κ3) is 4.63. The van der Waals surface area contributed by atoms with Crippen molar-refractivity contribution in [2.45, 2.75) is 23.7 Å². The van der Waals surface area contributed by atoms with Gasteiger partial charge in [0.05, 0.1) is 18.0 Å². The Bertz CT molecular complexity index is 640. The number of esters is 1. The van der Waals surface area contributed by atoms with Gasteiger partial charge in [0.1, 0.15) is 11.6 Å². The standard InChI is InChI=1S/C12H9F3N2O4S/c1-2-21-10(18)5-7-3-4-9(22-12(13,14)15)8(6-16)11(7)17(19)20/h3-4H,2,5H2,1H3. The quantitative estimate of drug-likeness (QED) is 0.355. The average Bonchev–Trinajstić information content (AvgIpc) is 2.38. The molecule has 0 aromatic heterocycles. The maximum atomic E-state index is 12.4. The van der Waals surface area contributed by atoms with Gasteiger partial charge in [-0.15, -0.1) is 0 Å². The fourth-order valence-electron chi connectivity index (χ4n) is 1.65. The number of ether oxygens (including phenoxy) is 1. The molecule has 0 saturated heterocycles. The molecule has 0 aliphatic carbocycles. The molecule has 1 aromatic rings. The zero-order valence-electron chi connectivity index (χ0n) is 11.1. The van der Waals surface area contributed by atoms with E-state index in [0.29, 0.717) is 0 Å². The number of alkyl halides is 3. The van der Waals surface area contributed by atoms with Gasteiger partial charge in [0, 0.05) is 10.5 Å². The highest BCUT2D eigenvalue weighted by Gasteiger charge is 2.34. The number of nitro benzene ring substituents is 1. The first-order valence-electron chi connectivity index (χ1n) is 5.81. The second-order valence-electron chi connectivity index (χ2n) is 3.84. The second-order valence-corrected chi connectivity index (χ2v) is 4.95. The van der Waals surface area contributed by atoms with E-state index in [-0.39, 0.29) is 12.2 Å². The van der Waals surface area contributed by atoms with Crippen LogP contribution in [0.2, 0.25) is 0 Å². The number of nitro groups is 1. The molecule has 1 aromatic carbocycles. The number of carbonyl (C=O) groups excluding carboxylic acids is 1. The fourth-order valence-corrected chi connectivity index (χ4v) is 2.28. The van der Waals surface area contributed by atoms with Gasteiger partial charge in [0.25, 0.3) is 5.69 Å². The Kier molecular flexibility index (Phi) is 5.76. The summed E-state index contributed by atoms with van der Waals surface area (Å²) in [6.45, 7) is 1.59. The van der Waals surface area contributed by atoms with Crippen LogP contribution in [-0.4, -0.2) is 23.0 Å². The molecule has 0 unspecified atom stereocenters. The zero-order chi connectivity index (χ0) is 16.9. The van der Waals surface area contributed by atoms with Crippen molar-refractivity contribution in [2.24, 2.45) is 0 Å². The molecule has 0 atom stereocenters. The Hall–Kier alpha value is -2.28. The number of halogens is 3. The topological polar surface area (TPSA) is 93.2 Å². The Morgan fingerprint density at radius 2 is 2.14 bits per heavy atom. The van der Waals surface area contributed by atoms with Crippen LogP contribution < -0.4 is 0 Å². The molecular formula is C12H9F3N2O4S. The summed E-state index contributed by atoms with van der Waals surface area (Å²) in [6.07, 6.45) is -0.504. The van der Waals surface area contributed by atoms with E-state index >= 15 is 0 Å². The number of nitriles is 1. The van der Waals surface area contributed by atoms with Crippen LogP contribution in [0.1, 0.15) is 18.1 Å². The zero-order valence-corrected chi connectivity index (χ0v) is 12.0. The van der Waals surface area contributed by atoms with Crippen LogP contribution in [0.5, 0.6) is 0 Å². The van der Waals surface area contributed by atoms with Crippen LogP contribution in [0.3, 0.4) is 0 Å². The van der Waals surface area contributed by atoms with Gasteiger partial charge in [-0.25, -0.2) is 0 Å². The summed E-state index contributed by atoms with van der Waals surface area (Å²) in [5.74, 6) is -0.772. The molecule has 0 heterocycles. The van der Waals surface area contributed by atoms with Crippen LogP contribution >= 0.6 is 11.8 Å². The van der Waals surface area contributed by atoms with E-state index in [1.54, 1.807) is 0 Å². The molecule has 0 aliphatic heterocycles. The van der Waals surface area contributed by atoms with Crippen molar-refractivity contribution in [1.29, 1.82) is 5.26 Å². The van der Waals surface area contributed by atoms with Gasteiger partial charge >= 0.3 is 11.5 Å². The average molecular weight is 334 g/mol. The minimum Gasteiger partial charge on any atom is -0.466 e. The lowest BCUT2D eigenvalue weighted by molar-refractivity contribution is -0.386. The van der Waals surface area contributed by atoms with Gasteiger partial charge in [-0.3, -0.25) is 14.9 Å². The predicted molar refractivity (Wildman–Crippen MR) is 70.1 cm³/mol. The number of benzene rings is 1. The van der Waals surface area contributed by atoms with E-state index in [1.165, 1.54) is 13.0 Å². The van der Waals surface area contributed by atoms with E-state index in [1.807, 2.05) is 0 Å². The molecule has 0 radical (unpaired) electrons. The SMILES string of the molecule is CCOC(=O)Cc1ccc(SC(F)(F)F)c(C#N)c1[N+](=O)[O-]. The predicted octanol–water partition coefficient (Wildman–Crippen LogP) is 3.18. The summed E-state index contributed by atoms with van der Waals surface area (Å²) in [6, 6.07) is 3.35. The molecular weight excluding hydrogens is 325 g/mol. The number of hydrogen-bond donors (Lipinski definition) is 0. The number of carbonyl (C=O) groups is 1.